The highest BCUT2D eigenvalue weighted by Crippen LogP contribution is 2.15. The molecule has 0 aromatic heterocycles. The van der Waals surface area contributed by atoms with E-state index in [2.05, 4.69) is 47.3 Å². The number of rotatable bonds is 6. The van der Waals surface area contributed by atoms with E-state index in [1.807, 2.05) is 14.1 Å². The molecular formula is C15H22N2. The summed E-state index contributed by atoms with van der Waals surface area (Å²) >= 11 is 0. The van der Waals surface area contributed by atoms with Gasteiger partial charge >= 0.3 is 0 Å². The van der Waals surface area contributed by atoms with Gasteiger partial charge < -0.3 is 5.32 Å². The highest BCUT2D eigenvalue weighted by Gasteiger charge is 2.04. The molecule has 1 aromatic rings. The molecule has 1 rings (SSSR count). The first-order valence-corrected chi connectivity index (χ1v) is 6.02. The fraction of sp³-hybridized carbons (Fsp3) is 0.467. The Morgan fingerprint density at radius 1 is 1.35 bits per heavy atom. The van der Waals surface area contributed by atoms with Crippen LogP contribution in [0.15, 0.2) is 24.3 Å². The second-order valence-electron chi connectivity index (χ2n) is 4.58. The number of nitrogens with one attached hydrogen (secondary N) is 1. The third kappa shape index (κ3) is 4.60. The zero-order valence-electron chi connectivity index (χ0n) is 11.0. The van der Waals surface area contributed by atoms with Crippen LogP contribution in [0.4, 0.5) is 0 Å². The maximum Gasteiger partial charge on any atom is 0.0599 e. The lowest BCUT2D eigenvalue weighted by molar-refractivity contribution is 0.369. The first-order valence-electron chi connectivity index (χ1n) is 6.02. The topological polar surface area (TPSA) is 15.3 Å². The van der Waals surface area contributed by atoms with Crippen molar-refractivity contribution in [3.05, 3.63) is 35.4 Å². The minimum absolute atomic E-state index is 0.553. The Labute approximate surface area is 105 Å². The van der Waals surface area contributed by atoms with Gasteiger partial charge in [-0.3, -0.25) is 4.90 Å². The second kappa shape index (κ2) is 7.11. The molecule has 0 spiro atoms. The maximum absolute atomic E-state index is 5.28. The fourth-order valence-electron chi connectivity index (χ4n) is 1.90. The molecule has 1 atom stereocenters. The van der Waals surface area contributed by atoms with Crippen molar-refractivity contribution in [3.8, 4) is 12.3 Å². The SMILES string of the molecule is C#CCN(C)Cc1ccc(C(C)CNC)cc1. The van der Waals surface area contributed by atoms with E-state index in [0.717, 1.165) is 13.1 Å². The van der Waals surface area contributed by atoms with E-state index < -0.39 is 0 Å². The van der Waals surface area contributed by atoms with Crippen molar-refractivity contribution < 1.29 is 0 Å². The van der Waals surface area contributed by atoms with Crippen molar-refractivity contribution in [3.63, 3.8) is 0 Å². The van der Waals surface area contributed by atoms with E-state index in [9.17, 15) is 0 Å². The van der Waals surface area contributed by atoms with Crippen LogP contribution in [-0.2, 0) is 6.54 Å². The third-order valence-corrected chi connectivity index (χ3v) is 2.87. The molecule has 2 nitrogen and oxygen atoms in total. The quantitative estimate of drug-likeness (QED) is 0.753. The van der Waals surface area contributed by atoms with Crippen LogP contribution in [0.3, 0.4) is 0 Å². The highest BCUT2D eigenvalue weighted by atomic mass is 15.1. The Hall–Kier alpha value is -1.30. The zero-order valence-corrected chi connectivity index (χ0v) is 11.0. The van der Waals surface area contributed by atoms with Crippen LogP contribution < -0.4 is 5.32 Å². The minimum atomic E-state index is 0.553. The summed E-state index contributed by atoms with van der Waals surface area (Å²) in [7, 11) is 4.02. The highest BCUT2D eigenvalue weighted by molar-refractivity contribution is 5.25. The number of likely N-dealkylation sites (N-methyl/N-ethyl adjacent to an activating group) is 1. The molecule has 0 aliphatic heterocycles. The Kier molecular flexibility index (Phi) is 5.76. The first-order chi connectivity index (χ1) is 8.17. The van der Waals surface area contributed by atoms with Crippen LogP contribution >= 0.6 is 0 Å². The van der Waals surface area contributed by atoms with E-state index in [1.54, 1.807) is 0 Å². The van der Waals surface area contributed by atoms with Crippen molar-refractivity contribution in [2.24, 2.45) is 0 Å². The molecule has 0 aliphatic carbocycles. The van der Waals surface area contributed by atoms with Crippen molar-refractivity contribution in [2.75, 3.05) is 27.2 Å². The van der Waals surface area contributed by atoms with Crippen LogP contribution in [0.5, 0.6) is 0 Å². The molecular weight excluding hydrogens is 208 g/mol. The lowest BCUT2D eigenvalue weighted by Crippen LogP contribution is -2.18. The van der Waals surface area contributed by atoms with Gasteiger partial charge in [-0.1, -0.05) is 37.1 Å². The van der Waals surface area contributed by atoms with E-state index >= 15 is 0 Å². The van der Waals surface area contributed by atoms with Gasteiger partial charge in [0.2, 0.25) is 0 Å². The summed E-state index contributed by atoms with van der Waals surface area (Å²) in [5.41, 5.74) is 2.69. The van der Waals surface area contributed by atoms with E-state index in [-0.39, 0.29) is 0 Å². The van der Waals surface area contributed by atoms with Crippen LogP contribution in [0.2, 0.25) is 0 Å². The van der Waals surface area contributed by atoms with Gasteiger partial charge in [-0.2, -0.15) is 0 Å². The lowest BCUT2D eigenvalue weighted by atomic mass is 10.00. The summed E-state index contributed by atoms with van der Waals surface area (Å²) in [6, 6.07) is 8.80. The molecule has 1 aromatic carbocycles. The van der Waals surface area contributed by atoms with E-state index in [0.29, 0.717) is 12.5 Å². The van der Waals surface area contributed by atoms with Crippen molar-refractivity contribution in [1.82, 2.24) is 10.2 Å². The summed E-state index contributed by atoms with van der Waals surface area (Å²) < 4.78 is 0. The Morgan fingerprint density at radius 3 is 2.53 bits per heavy atom. The van der Waals surface area contributed by atoms with Crippen molar-refractivity contribution in [2.45, 2.75) is 19.4 Å². The van der Waals surface area contributed by atoms with Gasteiger partial charge in [-0.05, 0) is 31.1 Å². The summed E-state index contributed by atoms with van der Waals surface area (Å²) in [6.07, 6.45) is 5.28. The smallest absolute Gasteiger partial charge is 0.0599 e. The second-order valence-corrected chi connectivity index (χ2v) is 4.58. The van der Waals surface area contributed by atoms with Crippen LogP contribution in [-0.4, -0.2) is 32.1 Å². The first kappa shape index (κ1) is 13.8. The summed E-state index contributed by atoms with van der Waals surface area (Å²) in [4.78, 5) is 2.13. The molecule has 0 heterocycles. The fourth-order valence-corrected chi connectivity index (χ4v) is 1.90. The zero-order chi connectivity index (χ0) is 12.7. The standard InChI is InChI=1S/C15H22N2/c1-5-10-17(4)12-14-6-8-15(9-7-14)13(2)11-16-3/h1,6-9,13,16H,10-12H2,2-4H3. The maximum atomic E-state index is 5.28. The van der Waals surface area contributed by atoms with Gasteiger partial charge in [-0.15, -0.1) is 6.42 Å². The van der Waals surface area contributed by atoms with Gasteiger partial charge in [-0.25, -0.2) is 0 Å². The molecule has 1 unspecified atom stereocenters. The minimum Gasteiger partial charge on any atom is -0.319 e. The Morgan fingerprint density at radius 2 is 2.00 bits per heavy atom. The number of hydrogen-bond donors (Lipinski definition) is 1. The van der Waals surface area contributed by atoms with E-state index in [1.165, 1.54) is 11.1 Å². The predicted octanol–water partition coefficient (Wildman–Crippen LogP) is 2.07. The van der Waals surface area contributed by atoms with Gasteiger partial charge in [0.25, 0.3) is 0 Å². The number of nitrogens with zero attached hydrogens (tertiary/aromatic N) is 1. The normalized spacial score (nSPS) is 12.4. The molecule has 17 heavy (non-hydrogen) atoms. The molecule has 0 radical (unpaired) electrons. The molecule has 92 valence electrons. The largest absolute Gasteiger partial charge is 0.319 e. The molecule has 0 saturated heterocycles. The molecule has 2 heteroatoms. The van der Waals surface area contributed by atoms with Gasteiger partial charge in [0, 0.05) is 13.1 Å². The Bertz CT molecular complexity index is 362. The van der Waals surface area contributed by atoms with Crippen molar-refractivity contribution in [1.29, 1.82) is 0 Å². The van der Waals surface area contributed by atoms with Gasteiger partial charge in [0.15, 0.2) is 0 Å². The number of terminal acetylenes is 1. The van der Waals surface area contributed by atoms with Crippen LogP contribution in [0, 0.1) is 12.3 Å². The Balaban J connectivity index is 2.59. The molecule has 0 aliphatic rings. The molecule has 1 N–H and O–H groups in total. The van der Waals surface area contributed by atoms with Gasteiger partial charge in [0.05, 0.1) is 6.54 Å². The monoisotopic (exact) mass is 230 g/mol. The molecule has 0 saturated carbocycles. The van der Waals surface area contributed by atoms with Crippen LogP contribution in [0.25, 0.3) is 0 Å². The molecule has 0 amide bonds. The number of benzene rings is 1. The average molecular weight is 230 g/mol. The number of hydrogen-bond acceptors (Lipinski definition) is 2. The molecule has 0 bridgehead atoms. The molecule has 0 fully saturated rings. The summed E-state index contributed by atoms with van der Waals surface area (Å²) in [6.45, 7) is 4.84. The van der Waals surface area contributed by atoms with Crippen LogP contribution in [0.1, 0.15) is 24.0 Å². The van der Waals surface area contributed by atoms with Gasteiger partial charge in [0.1, 0.15) is 0 Å². The summed E-state index contributed by atoms with van der Waals surface area (Å²) in [5, 5.41) is 3.20. The van der Waals surface area contributed by atoms with E-state index in [4.69, 9.17) is 6.42 Å². The summed E-state index contributed by atoms with van der Waals surface area (Å²) in [5.74, 6) is 3.20. The third-order valence-electron chi connectivity index (χ3n) is 2.87. The van der Waals surface area contributed by atoms with Crippen molar-refractivity contribution >= 4 is 0 Å². The predicted molar refractivity (Wildman–Crippen MR) is 74.0 cm³/mol. The average Bonchev–Trinajstić information content (AvgIpc) is 2.30. The lowest BCUT2D eigenvalue weighted by Gasteiger charge is -2.15.